The smallest absolute Gasteiger partial charge is 0.243 e. The number of aliphatic hydroxyl groups is 1. The van der Waals surface area contributed by atoms with Gasteiger partial charge in [0.1, 0.15) is 24.3 Å². The molecule has 162 valence electrons. The topological polar surface area (TPSA) is 108 Å². The van der Waals surface area contributed by atoms with Crippen LogP contribution in [0.1, 0.15) is 18.4 Å². The van der Waals surface area contributed by atoms with Crippen molar-refractivity contribution >= 4 is 15.7 Å². The molecule has 1 fully saturated rings. The minimum absolute atomic E-state index is 0.00661. The molecule has 0 saturated carbocycles. The fraction of sp³-hybridized carbons (Fsp3) is 0.400. The number of ether oxygens (including phenoxy) is 1. The van der Waals surface area contributed by atoms with Crippen molar-refractivity contribution in [2.45, 2.75) is 30.4 Å². The van der Waals surface area contributed by atoms with E-state index in [0.717, 1.165) is 18.4 Å². The van der Waals surface area contributed by atoms with E-state index in [0.29, 0.717) is 19.6 Å². The number of rotatable bonds is 10. The predicted octanol–water partition coefficient (Wildman–Crippen LogP) is 2.54. The van der Waals surface area contributed by atoms with Crippen molar-refractivity contribution in [2.24, 2.45) is 5.18 Å². The van der Waals surface area contributed by atoms with Gasteiger partial charge in [0, 0.05) is 26.2 Å². The van der Waals surface area contributed by atoms with Crippen LogP contribution in [0.3, 0.4) is 0 Å². The second kappa shape index (κ2) is 10.1. The summed E-state index contributed by atoms with van der Waals surface area (Å²) in [6.45, 7) is 1.46. The van der Waals surface area contributed by atoms with E-state index < -0.39 is 16.1 Å². The molecule has 30 heavy (non-hydrogen) atoms. The summed E-state index contributed by atoms with van der Waals surface area (Å²) in [5, 5.41) is 16.0. The number of nitroso groups, excluding NO2 is 1. The number of nitrogens with one attached hydrogen (secondary N) is 1. The second-order valence-corrected chi connectivity index (χ2v) is 8.99. The van der Waals surface area contributed by atoms with E-state index in [9.17, 15) is 22.8 Å². The first-order valence-electron chi connectivity index (χ1n) is 9.64. The molecule has 0 spiro atoms. The van der Waals surface area contributed by atoms with Crippen molar-refractivity contribution in [3.05, 3.63) is 58.8 Å². The Morgan fingerprint density at radius 3 is 2.53 bits per heavy atom. The standard InChI is InChI=1S/C20H24FN3O5S/c21-16-5-3-15(4-6-16)12-22-13-17(25)14-29-20-8-7-18(11-19(20)23-26)30(27,28)24-9-1-2-10-24/h3-8,11,17,22,25H,1-2,9-10,12-14H2. The van der Waals surface area contributed by atoms with Crippen LogP contribution >= 0.6 is 0 Å². The quantitative estimate of drug-likeness (QED) is 0.553. The Labute approximate surface area is 174 Å². The van der Waals surface area contributed by atoms with E-state index in [1.807, 2.05) is 0 Å². The predicted molar refractivity (Wildman–Crippen MR) is 109 cm³/mol. The summed E-state index contributed by atoms with van der Waals surface area (Å²) in [7, 11) is -3.66. The third-order valence-corrected chi connectivity index (χ3v) is 6.68. The van der Waals surface area contributed by atoms with Crippen molar-refractivity contribution in [3.8, 4) is 5.75 Å². The van der Waals surface area contributed by atoms with Gasteiger partial charge in [-0.2, -0.15) is 4.31 Å². The second-order valence-electron chi connectivity index (χ2n) is 7.05. The SMILES string of the molecule is O=Nc1cc(S(=O)(=O)N2CCCC2)ccc1OCC(O)CNCc1ccc(F)cc1. The largest absolute Gasteiger partial charge is 0.488 e. The highest BCUT2D eigenvalue weighted by molar-refractivity contribution is 7.89. The summed E-state index contributed by atoms with van der Waals surface area (Å²) >= 11 is 0. The van der Waals surface area contributed by atoms with E-state index >= 15 is 0 Å². The molecule has 10 heteroatoms. The van der Waals surface area contributed by atoms with Crippen LogP contribution in [-0.4, -0.2) is 50.2 Å². The lowest BCUT2D eigenvalue weighted by atomic mass is 10.2. The van der Waals surface area contributed by atoms with E-state index in [4.69, 9.17) is 4.74 Å². The maximum atomic E-state index is 12.9. The maximum absolute atomic E-state index is 12.9. The molecule has 1 aliphatic rings. The molecule has 1 heterocycles. The van der Waals surface area contributed by atoms with Crippen LogP contribution in [0.15, 0.2) is 52.5 Å². The molecule has 8 nitrogen and oxygen atoms in total. The van der Waals surface area contributed by atoms with Crippen molar-refractivity contribution in [2.75, 3.05) is 26.2 Å². The van der Waals surface area contributed by atoms with Crippen LogP contribution in [0.5, 0.6) is 5.75 Å². The molecule has 2 aromatic carbocycles. The Morgan fingerprint density at radius 1 is 1.17 bits per heavy atom. The van der Waals surface area contributed by atoms with Crippen molar-refractivity contribution < 1.29 is 22.7 Å². The van der Waals surface area contributed by atoms with Gasteiger partial charge in [0.15, 0.2) is 5.69 Å². The molecular weight excluding hydrogens is 413 g/mol. The highest BCUT2D eigenvalue weighted by Gasteiger charge is 2.28. The zero-order chi connectivity index (χ0) is 21.6. The normalized spacial score (nSPS) is 15.8. The van der Waals surface area contributed by atoms with Gasteiger partial charge in [-0.05, 0) is 53.9 Å². The van der Waals surface area contributed by atoms with Crippen LogP contribution in [0.4, 0.5) is 10.1 Å². The molecule has 2 aromatic rings. The molecule has 1 unspecified atom stereocenters. The summed E-state index contributed by atoms with van der Waals surface area (Å²) in [6.07, 6.45) is 0.747. The zero-order valence-corrected chi connectivity index (χ0v) is 17.1. The van der Waals surface area contributed by atoms with Gasteiger partial charge in [-0.15, -0.1) is 4.91 Å². The first kappa shape index (κ1) is 22.3. The van der Waals surface area contributed by atoms with Crippen molar-refractivity contribution in [3.63, 3.8) is 0 Å². The lowest BCUT2D eigenvalue weighted by Crippen LogP contribution is -2.31. The first-order chi connectivity index (χ1) is 14.4. The third-order valence-electron chi connectivity index (χ3n) is 4.79. The Bertz CT molecular complexity index is 963. The molecule has 0 aromatic heterocycles. The monoisotopic (exact) mass is 437 g/mol. The van der Waals surface area contributed by atoms with E-state index in [-0.39, 0.29) is 35.3 Å². The van der Waals surface area contributed by atoms with Crippen LogP contribution < -0.4 is 10.1 Å². The first-order valence-corrected chi connectivity index (χ1v) is 11.1. The molecular formula is C20H24FN3O5S. The van der Waals surface area contributed by atoms with Gasteiger partial charge in [0.25, 0.3) is 0 Å². The fourth-order valence-electron chi connectivity index (χ4n) is 3.16. The van der Waals surface area contributed by atoms with Gasteiger partial charge >= 0.3 is 0 Å². The zero-order valence-electron chi connectivity index (χ0n) is 16.3. The Hall–Kier alpha value is -2.40. The van der Waals surface area contributed by atoms with E-state index in [1.165, 1.54) is 34.6 Å². The van der Waals surface area contributed by atoms with Gasteiger partial charge in [0.2, 0.25) is 10.0 Å². The van der Waals surface area contributed by atoms with E-state index in [2.05, 4.69) is 10.5 Å². The van der Waals surface area contributed by atoms with Crippen molar-refractivity contribution in [1.29, 1.82) is 0 Å². The van der Waals surface area contributed by atoms with Gasteiger partial charge in [-0.25, -0.2) is 12.8 Å². The highest BCUT2D eigenvalue weighted by atomic mass is 32.2. The number of benzene rings is 2. The Balaban J connectivity index is 1.54. The lowest BCUT2D eigenvalue weighted by molar-refractivity contribution is 0.106. The maximum Gasteiger partial charge on any atom is 0.243 e. The number of nitrogens with zero attached hydrogens (tertiary/aromatic N) is 2. The lowest BCUT2D eigenvalue weighted by Gasteiger charge is -2.17. The van der Waals surface area contributed by atoms with Crippen molar-refractivity contribution in [1.82, 2.24) is 9.62 Å². The molecule has 1 saturated heterocycles. The number of halogens is 1. The fourth-order valence-corrected chi connectivity index (χ4v) is 4.70. The average Bonchev–Trinajstić information content (AvgIpc) is 3.29. The Kier molecular flexibility index (Phi) is 7.48. The van der Waals surface area contributed by atoms with Crippen LogP contribution in [0, 0.1) is 10.7 Å². The van der Waals surface area contributed by atoms with E-state index in [1.54, 1.807) is 12.1 Å². The number of aliphatic hydroxyl groups excluding tert-OH is 1. The average molecular weight is 437 g/mol. The molecule has 2 N–H and O–H groups in total. The van der Waals surface area contributed by atoms with Gasteiger partial charge in [-0.3, -0.25) is 0 Å². The Morgan fingerprint density at radius 2 is 1.87 bits per heavy atom. The molecule has 0 amide bonds. The molecule has 0 aliphatic carbocycles. The number of sulfonamides is 1. The summed E-state index contributed by atoms with van der Waals surface area (Å²) in [6, 6.07) is 9.94. The molecule has 1 aliphatic heterocycles. The summed E-state index contributed by atoms with van der Waals surface area (Å²) < 4.78 is 44.9. The number of hydrogen-bond acceptors (Lipinski definition) is 7. The molecule has 1 atom stereocenters. The molecule has 3 rings (SSSR count). The minimum atomic E-state index is -3.66. The van der Waals surface area contributed by atoms with Crippen LogP contribution in [-0.2, 0) is 16.6 Å². The summed E-state index contributed by atoms with van der Waals surface area (Å²) in [4.78, 5) is 11.2. The minimum Gasteiger partial charge on any atom is -0.488 e. The molecule has 0 radical (unpaired) electrons. The van der Waals surface area contributed by atoms with Gasteiger partial charge < -0.3 is 15.2 Å². The summed E-state index contributed by atoms with van der Waals surface area (Å²) in [5.74, 6) is -0.214. The van der Waals surface area contributed by atoms with Gasteiger partial charge in [-0.1, -0.05) is 12.1 Å². The van der Waals surface area contributed by atoms with Crippen LogP contribution in [0.2, 0.25) is 0 Å². The van der Waals surface area contributed by atoms with Crippen LogP contribution in [0.25, 0.3) is 0 Å². The highest BCUT2D eigenvalue weighted by Crippen LogP contribution is 2.32. The molecule has 0 bridgehead atoms. The third kappa shape index (κ3) is 5.60. The summed E-state index contributed by atoms with van der Waals surface area (Å²) in [5.41, 5.74) is 0.730. The van der Waals surface area contributed by atoms with Gasteiger partial charge in [0.05, 0.1) is 4.90 Å². The number of hydrogen-bond donors (Lipinski definition) is 2.